The lowest BCUT2D eigenvalue weighted by Crippen LogP contribution is -2.37. The predicted molar refractivity (Wildman–Crippen MR) is 126 cm³/mol. The number of morpholine rings is 1. The van der Waals surface area contributed by atoms with Crippen LogP contribution >= 0.6 is 0 Å². The lowest BCUT2D eigenvalue weighted by molar-refractivity contribution is 0.122. The zero-order valence-corrected chi connectivity index (χ0v) is 18.0. The van der Waals surface area contributed by atoms with E-state index in [9.17, 15) is 0 Å². The summed E-state index contributed by atoms with van der Waals surface area (Å²) in [6, 6.07) is 22.1. The van der Waals surface area contributed by atoms with Gasteiger partial charge in [-0.15, -0.1) is 0 Å². The minimum Gasteiger partial charge on any atom is -0.496 e. The standard InChI is InChI=1S/C25H25N5O2/c1-31-23-10-6-5-9-20(23)17-26-18-21-15-25(29-11-13-32-14-12-29)30-24(27-21)16-22(28-30)19-7-3-2-4-8-19/h2-10,15-17H,11-14,18H2,1H3. The third-order valence-corrected chi connectivity index (χ3v) is 5.49. The molecule has 0 radical (unpaired) electrons. The molecule has 3 heterocycles. The zero-order valence-electron chi connectivity index (χ0n) is 18.0. The molecule has 5 rings (SSSR count). The van der Waals surface area contributed by atoms with Crippen LogP contribution in [0.25, 0.3) is 16.9 Å². The lowest BCUT2D eigenvalue weighted by atomic mass is 10.2. The Balaban J connectivity index is 1.50. The Kier molecular flexibility index (Phi) is 5.81. The van der Waals surface area contributed by atoms with Gasteiger partial charge in [-0.25, -0.2) is 4.98 Å². The molecular formula is C25H25N5O2. The van der Waals surface area contributed by atoms with Gasteiger partial charge in [-0.2, -0.15) is 9.61 Å². The first-order valence-corrected chi connectivity index (χ1v) is 10.7. The maximum atomic E-state index is 5.55. The average molecular weight is 428 g/mol. The summed E-state index contributed by atoms with van der Waals surface area (Å²) in [5.41, 5.74) is 4.63. The van der Waals surface area contributed by atoms with Crippen molar-refractivity contribution < 1.29 is 9.47 Å². The number of hydrogen-bond acceptors (Lipinski definition) is 6. The van der Waals surface area contributed by atoms with E-state index in [1.54, 1.807) is 7.11 Å². The number of fused-ring (bicyclic) bond motifs is 1. The second-order valence-corrected chi connectivity index (χ2v) is 7.58. The summed E-state index contributed by atoms with van der Waals surface area (Å²) in [6.45, 7) is 3.53. The highest BCUT2D eigenvalue weighted by molar-refractivity contribution is 5.83. The fourth-order valence-electron chi connectivity index (χ4n) is 3.87. The lowest BCUT2D eigenvalue weighted by Gasteiger charge is -2.29. The maximum Gasteiger partial charge on any atom is 0.158 e. The smallest absolute Gasteiger partial charge is 0.158 e. The third kappa shape index (κ3) is 4.20. The average Bonchev–Trinajstić information content (AvgIpc) is 3.29. The van der Waals surface area contributed by atoms with Gasteiger partial charge in [-0.1, -0.05) is 42.5 Å². The topological polar surface area (TPSA) is 64.2 Å². The summed E-state index contributed by atoms with van der Waals surface area (Å²) in [6.07, 6.45) is 1.84. The van der Waals surface area contributed by atoms with E-state index in [0.29, 0.717) is 19.8 Å². The molecule has 4 aromatic rings. The van der Waals surface area contributed by atoms with E-state index in [4.69, 9.17) is 19.6 Å². The molecule has 0 N–H and O–H groups in total. The fourth-order valence-corrected chi connectivity index (χ4v) is 3.87. The van der Waals surface area contributed by atoms with Gasteiger partial charge in [0, 0.05) is 42.6 Å². The number of methoxy groups -OCH3 is 1. The molecule has 0 unspecified atom stereocenters. The van der Waals surface area contributed by atoms with Gasteiger partial charge in [0.1, 0.15) is 11.6 Å². The van der Waals surface area contributed by atoms with Crippen LogP contribution < -0.4 is 9.64 Å². The molecule has 0 bridgehead atoms. The van der Waals surface area contributed by atoms with E-state index in [-0.39, 0.29) is 0 Å². The Hall–Kier alpha value is -3.71. The molecule has 0 saturated carbocycles. The van der Waals surface area contributed by atoms with Crippen molar-refractivity contribution in [2.45, 2.75) is 6.54 Å². The van der Waals surface area contributed by atoms with Crippen LogP contribution in [0.3, 0.4) is 0 Å². The Morgan fingerprint density at radius 1 is 1.03 bits per heavy atom. The summed E-state index contributed by atoms with van der Waals surface area (Å²) in [4.78, 5) is 11.8. The van der Waals surface area contributed by atoms with Crippen LogP contribution in [0.1, 0.15) is 11.3 Å². The van der Waals surface area contributed by atoms with Gasteiger partial charge in [-0.05, 0) is 12.1 Å². The zero-order chi connectivity index (χ0) is 21.8. The van der Waals surface area contributed by atoms with Gasteiger partial charge in [0.25, 0.3) is 0 Å². The summed E-state index contributed by atoms with van der Waals surface area (Å²) in [7, 11) is 1.67. The van der Waals surface area contributed by atoms with Crippen molar-refractivity contribution in [3.05, 3.63) is 78.0 Å². The molecule has 1 aliphatic rings. The summed E-state index contributed by atoms with van der Waals surface area (Å²) < 4.78 is 12.9. The predicted octanol–water partition coefficient (Wildman–Crippen LogP) is 3.86. The monoisotopic (exact) mass is 427 g/mol. The SMILES string of the molecule is COc1ccccc1C=NCc1cc(N2CCOCC2)n2nc(-c3ccccc3)cc2n1. The van der Waals surface area contributed by atoms with E-state index in [1.165, 1.54) is 0 Å². The van der Waals surface area contributed by atoms with Crippen LogP contribution in [-0.4, -0.2) is 54.2 Å². The fraction of sp³-hybridized carbons (Fsp3) is 0.240. The molecule has 0 aliphatic carbocycles. The van der Waals surface area contributed by atoms with Crippen molar-refractivity contribution in [3.8, 4) is 17.0 Å². The van der Waals surface area contributed by atoms with Gasteiger partial charge in [-0.3, -0.25) is 4.99 Å². The van der Waals surface area contributed by atoms with E-state index in [2.05, 4.69) is 28.1 Å². The molecule has 2 aromatic carbocycles. The third-order valence-electron chi connectivity index (χ3n) is 5.49. The first-order valence-electron chi connectivity index (χ1n) is 10.7. The van der Waals surface area contributed by atoms with Gasteiger partial charge in [0.05, 0.1) is 38.3 Å². The van der Waals surface area contributed by atoms with E-state index in [1.807, 2.05) is 59.3 Å². The van der Waals surface area contributed by atoms with Crippen LogP contribution in [-0.2, 0) is 11.3 Å². The number of para-hydroxylation sites is 1. The molecule has 7 heteroatoms. The van der Waals surface area contributed by atoms with Crippen molar-refractivity contribution in [3.63, 3.8) is 0 Å². The first kappa shape index (κ1) is 20.2. The van der Waals surface area contributed by atoms with Crippen molar-refractivity contribution in [2.24, 2.45) is 4.99 Å². The molecule has 1 fully saturated rings. The number of aromatic nitrogens is 3. The number of nitrogens with zero attached hydrogens (tertiary/aromatic N) is 5. The summed E-state index contributed by atoms with van der Waals surface area (Å²) in [5, 5.41) is 4.87. The van der Waals surface area contributed by atoms with Gasteiger partial charge in [0.15, 0.2) is 5.65 Å². The molecule has 0 amide bonds. The molecule has 1 saturated heterocycles. The maximum absolute atomic E-state index is 5.55. The molecular weight excluding hydrogens is 402 g/mol. The Morgan fingerprint density at radius 3 is 2.62 bits per heavy atom. The molecule has 0 spiro atoms. The highest BCUT2D eigenvalue weighted by atomic mass is 16.5. The van der Waals surface area contributed by atoms with Crippen molar-refractivity contribution in [1.82, 2.24) is 14.6 Å². The Bertz CT molecular complexity index is 1230. The second-order valence-electron chi connectivity index (χ2n) is 7.58. The van der Waals surface area contributed by atoms with Crippen LogP contribution in [0.15, 0.2) is 71.7 Å². The van der Waals surface area contributed by atoms with Crippen LogP contribution in [0.2, 0.25) is 0 Å². The minimum atomic E-state index is 0.470. The van der Waals surface area contributed by atoms with Crippen molar-refractivity contribution >= 4 is 17.7 Å². The second kappa shape index (κ2) is 9.20. The number of anilines is 1. The summed E-state index contributed by atoms with van der Waals surface area (Å²) >= 11 is 0. The molecule has 0 atom stereocenters. The Labute approximate surface area is 187 Å². The van der Waals surface area contributed by atoms with E-state index in [0.717, 1.165) is 52.8 Å². The largest absolute Gasteiger partial charge is 0.496 e. The van der Waals surface area contributed by atoms with E-state index >= 15 is 0 Å². The molecule has 32 heavy (non-hydrogen) atoms. The molecule has 1 aliphatic heterocycles. The van der Waals surface area contributed by atoms with Gasteiger partial charge >= 0.3 is 0 Å². The number of ether oxygens (including phenoxy) is 2. The van der Waals surface area contributed by atoms with E-state index < -0.39 is 0 Å². The highest BCUT2D eigenvalue weighted by Crippen LogP contribution is 2.24. The number of hydrogen-bond donors (Lipinski definition) is 0. The van der Waals surface area contributed by atoms with Crippen molar-refractivity contribution in [1.29, 1.82) is 0 Å². The molecule has 7 nitrogen and oxygen atoms in total. The number of rotatable bonds is 6. The molecule has 2 aromatic heterocycles. The van der Waals surface area contributed by atoms with Crippen molar-refractivity contribution in [2.75, 3.05) is 38.3 Å². The minimum absolute atomic E-state index is 0.470. The van der Waals surface area contributed by atoms with Crippen LogP contribution in [0.5, 0.6) is 5.75 Å². The number of aliphatic imine (C=N–C) groups is 1. The quantitative estimate of drug-likeness (QED) is 0.437. The normalized spacial score (nSPS) is 14.3. The number of benzene rings is 2. The van der Waals surface area contributed by atoms with Gasteiger partial charge in [0.2, 0.25) is 0 Å². The first-order chi connectivity index (χ1) is 15.8. The Morgan fingerprint density at radius 2 is 1.81 bits per heavy atom. The highest BCUT2D eigenvalue weighted by Gasteiger charge is 2.18. The summed E-state index contributed by atoms with van der Waals surface area (Å²) in [5.74, 6) is 1.82. The van der Waals surface area contributed by atoms with Crippen LogP contribution in [0.4, 0.5) is 5.82 Å². The van der Waals surface area contributed by atoms with Gasteiger partial charge < -0.3 is 14.4 Å². The molecule has 162 valence electrons. The van der Waals surface area contributed by atoms with Crippen LogP contribution in [0, 0.1) is 0 Å².